The molecule has 113 valence electrons. The normalized spacial score (nSPS) is 12.6. The van der Waals surface area contributed by atoms with E-state index in [0.717, 1.165) is 6.42 Å². The monoisotopic (exact) mass is 267 g/mol. The maximum absolute atomic E-state index is 11.0. The average molecular weight is 267 g/mol. The highest BCUT2D eigenvalue weighted by molar-refractivity contribution is 5.79. The van der Waals surface area contributed by atoms with Crippen LogP contribution in [0.4, 0.5) is 0 Å². The topological polar surface area (TPSA) is 17.1 Å². The molecule has 0 aliphatic rings. The van der Waals surface area contributed by atoms with Gasteiger partial charge in [-0.15, -0.1) is 0 Å². The van der Waals surface area contributed by atoms with E-state index in [2.05, 4.69) is 13.3 Å². The van der Waals surface area contributed by atoms with Crippen LogP contribution in [-0.4, -0.2) is 5.78 Å². The molecule has 0 fully saturated rings. The number of Topliss-reactive ketones (excluding diaryl/α,β-unsaturated/α-hetero) is 1. The summed E-state index contributed by atoms with van der Waals surface area (Å²) in [6, 6.07) is 0. The molecule has 0 amide bonds. The quantitative estimate of drug-likeness (QED) is 0.347. The molecule has 0 saturated heterocycles. The summed E-state index contributed by atoms with van der Waals surface area (Å²) in [6.45, 7) is 5.96. The zero-order valence-electron chi connectivity index (χ0n) is 13.5. The van der Waals surface area contributed by atoms with E-state index >= 15 is 0 Å². The Morgan fingerprint density at radius 1 is 0.842 bits per heavy atom. The smallest absolute Gasteiger partial charge is 0.132 e. The minimum atomic E-state index is 0.156. The summed E-state index contributed by atoms with van der Waals surface area (Å²) in [5, 5.41) is 0. The van der Waals surface area contributed by atoms with Crippen LogP contribution in [0.1, 0.15) is 97.8 Å². The molecule has 19 heavy (non-hydrogen) atoms. The van der Waals surface area contributed by atoms with Gasteiger partial charge in [-0.05, 0) is 19.8 Å². The first kappa shape index (κ1) is 18.7. The Kier molecular flexibility index (Phi) is 13.8. The Bertz CT molecular complexity index is 198. The maximum Gasteiger partial charge on any atom is 0.132 e. The van der Waals surface area contributed by atoms with Crippen LogP contribution in [0.15, 0.2) is 0 Å². The van der Waals surface area contributed by atoms with Crippen molar-refractivity contribution >= 4 is 5.78 Å². The lowest BCUT2D eigenvalue weighted by Gasteiger charge is -2.06. The highest BCUT2D eigenvalue weighted by atomic mass is 16.1. The first-order valence-electron chi connectivity index (χ1n) is 8.52. The highest BCUT2D eigenvalue weighted by Gasteiger charge is 2.06. The molecule has 0 aromatic carbocycles. The van der Waals surface area contributed by atoms with Crippen molar-refractivity contribution in [1.29, 1.82) is 0 Å². The Hall–Kier alpha value is -0.330. The van der Waals surface area contributed by atoms with Crippen LogP contribution in [-0.2, 0) is 4.79 Å². The number of carbonyl (C=O) groups excluding carboxylic acids is 1. The third-order valence-corrected chi connectivity index (χ3v) is 3.97. The van der Waals surface area contributed by atoms with Crippen molar-refractivity contribution in [3.8, 4) is 0 Å². The number of rotatable bonds is 14. The Labute approximate surface area is 121 Å². The summed E-state index contributed by atoms with van der Waals surface area (Å²) in [7, 11) is 0. The second-order valence-corrected chi connectivity index (χ2v) is 5.96. The second kappa shape index (κ2) is 14.1. The van der Waals surface area contributed by atoms with Crippen molar-refractivity contribution in [3.05, 3.63) is 6.42 Å². The van der Waals surface area contributed by atoms with Crippen LogP contribution in [0.3, 0.4) is 0 Å². The molecule has 0 bridgehead atoms. The van der Waals surface area contributed by atoms with Gasteiger partial charge in [0.1, 0.15) is 5.78 Å². The fraction of sp³-hybridized carbons (Fsp3) is 0.889. The largest absolute Gasteiger partial charge is 0.300 e. The summed E-state index contributed by atoms with van der Waals surface area (Å²) in [5.41, 5.74) is 0. The van der Waals surface area contributed by atoms with Crippen molar-refractivity contribution < 1.29 is 4.79 Å². The Morgan fingerprint density at radius 2 is 1.26 bits per heavy atom. The highest BCUT2D eigenvalue weighted by Crippen LogP contribution is 2.14. The SMILES string of the molecule is CCCCCCCCCCCCC[CH]C(C)C(C)=O. The Balaban J connectivity index is 3.05. The van der Waals surface area contributed by atoms with Crippen molar-refractivity contribution in [1.82, 2.24) is 0 Å². The number of hydrogen-bond acceptors (Lipinski definition) is 1. The number of ketones is 1. The Morgan fingerprint density at radius 3 is 1.68 bits per heavy atom. The summed E-state index contributed by atoms with van der Waals surface area (Å²) < 4.78 is 0. The fourth-order valence-corrected chi connectivity index (χ4v) is 2.34. The van der Waals surface area contributed by atoms with Gasteiger partial charge < -0.3 is 0 Å². The molecule has 1 nitrogen and oxygen atoms in total. The summed E-state index contributed by atoms with van der Waals surface area (Å²) in [4.78, 5) is 11.0. The van der Waals surface area contributed by atoms with E-state index in [9.17, 15) is 4.79 Å². The van der Waals surface area contributed by atoms with Crippen LogP contribution in [0, 0.1) is 12.3 Å². The molecular formula is C18H35O. The van der Waals surface area contributed by atoms with E-state index in [4.69, 9.17) is 0 Å². The van der Waals surface area contributed by atoms with Gasteiger partial charge in [-0.3, -0.25) is 4.79 Å². The number of hydrogen-bond donors (Lipinski definition) is 0. The average Bonchev–Trinajstić information content (AvgIpc) is 2.39. The molecular weight excluding hydrogens is 232 g/mol. The van der Waals surface area contributed by atoms with Crippen molar-refractivity contribution in [2.75, 3.05) is 0 Å². The lowest BCUT2D eigenvalue weighted by Crippen LogP contribution is -2.06. The van der Waals surface area contributed by atoms with E-state index in [0.29, 0.717) is 5.78 Å². The van der Waals surface area contributed by atoms with Crippen LogP contribution in [0.5, 0.6) is 0 Å². The van der Waals surface area contributed by atoms with Crippen LogP contribution in [0.2, 0.25) is 0 Å². The molecule has 0 N–H and O–H groups in total. The van der Waals surface area contributed by atoms with Crippen molar-refractivity contribution in [2.45, 2.75) is 97.8 Å². The predicted octanol–water partition coefficient (Wildman–Crippen LogP) is 6.12. The van der Waals surface area contributed by atoms with Crippen LogP contribution < -0.4 is 0 Å². The molecule has 0 rings (SSSR count). The molecule has 1 heteroatoms. The zero-order chi connectivity index (χ0) is 14.3. The number of carbonyl (C=O) groups is 1. The van der Waals surface area contributed by atoms with Gasteiger partial charge >= 0.3 is 0 Å². The van der Waals surface area contributed by atoms with Crippen LogP contribution >= 0.6 is 0 Å². The lowest BCUT2D eigenvalue weighted by molar-refractivity contribution is -0.119. The van der Waals surface area contributed by atoms with Gasteiger partial charge in [-0.2, -0.15) is 0 Å². The zero-order valence-corrected chi connectivity index (χ0v) is 13.5. The third-order valence-electron chi connectivity index (χ3n) is 3.97. The van der Waals surface area contributed by atoms with E-state index in [1.807, 2.05) is 6.92 Å². The summed E-state index contributed by atoms with van der Waals surface area (Å²) in [5.74, 6) is 0.450. The molecule has 0 aliphatic heterocycles. The van der Waals surface area contributed by atoms with Crippen molar-refractivity contribution in [2.24, 2.45) is 5.92 Å². The van der Waals surface area contributed by atoms with Gasteiger partial charge in [0.2, 0.25) is 0 Å². The first-order chi connectivity index (χ1) is 9.18. The van der Waals surface area contributed by atoms with E-state index in [1.165, 1.54) is 70.6 Å². The molecule has 0 aromatic rings. The fourth-order valence-electron chi connectivity index (χ4n) is 2.34. The molecule has 1 atom stereocenters. The molecule has 0 heterocycles. The first-order valence-corrected chi connectivity index (χ1v) is 8.52. The lowest BCUT2D eigenvalue weighted by atomic mass is 9.98. The minimum absolute atomic E-state index is 0.156. The predicted molar refractivity (Wildman–Crippen MR) is 85.2 cm³/mol. The van der Waals surface area contributed by atoms with Gasteiger partial charge in [0.15, 0.2) is 0 Å². The van der Waals surface area contributed by atoms with Crippen LogP contribution in [0.25, 0.3) is 0 Å². The summed E-state index contributed by atoms with van der Waals surface area (Å²) in [6.07, 6.45) is 18.5. The minimum Gasteiger partial charge on any atom is -0.300 e. The third kappa shape index (κ3) is 13.9. The standard InChI is InChI=1S/C18H35O/c1-4-5-6-7-8-9-10-11-12-13-14-15-16-17(2)18(3)19/h16-17H,4-15H2,1-3H3. The van der Waals surface area contributed by atoms with E-state index in [-0.39, 0.29) is 5.92 Å². The number of unbranched alkanes of at least 4 members (excludes halogenated alkanes) is 11. The molecule has 0 aliphatic carbocycles. The van der Waals surface area contributed by atoms with Gasteiger partial charge in [-0.25, -0.2) is 0 Å². The van der Waals surface area contributed by atoms with Gasteiger partial charge in [-0.1, -0.05) is 84.5 Å². The molecule has 0 saturated carbocycles. The molecule has 1 unspecified atom stereocenters. The van der Waals surface area contributed by atoms with E-state index < -0.39 is 0 Å². The van der Waals surface area contributed by atoms with E-state index in [1.54, 1.807) is 6.92 Å². The maximum atomic E-state index is 11.0. The molecule has 0 aromatic heterocycles. The molecule has 1 radical (unpaired) electrons. The van der Waals surface area contributed by atoms with Gasteiger partial charge in [0.05, 0.1) is 0 Å². The van der Waals surface area contributed by atoms with Crippen molar-refractivity contribution in [3.63, 3.8) is 0 Å². The van der Waals surface area contributed by atoms with Gasteiger partial charge in [0, 0.05) is 5.92 Å². The molecule has 0 spiro atoms. The summed E-state index contributed by atoms with van der Waals surface area (Å²) >= 11 is 0. The van der Waals surface area contributed by atoms with Gasteiger partial charge in [0.25, 0.3) is 0 Å². The second-order valence-electron chi connectivity index (χ2n) is 5.96.